The normalized spacial score (nSPS) is 10.7. The van der Waals surface area contributed by atoms with Crippen LogP contribution in [0.5, 0.6) is 0 Å². The molecule has 0 aliphatic carbocycles. The Balaban J connectivity index is 2.63. The van der Waals surface area contributed by atoms with Crippen molar-refractivity contribution in [2.24, 2.45) is 0 Å². The fourth-order valence-electron chi connectivity index (χ4n) is 1.80. The molecule has 84 valence electrons. The van der Waals surface area contributed by atoms with Crippen molar-refractivity contribution in [2.75, 3.05) is 6.61 Å². The van der Waals surface area contributed by atoms with Crippen LogP contribution >= 0.6 is 0 Å². The van der Waals surface area contributed by atoms with Gasteiger partial charge < -0.3 is 4.74 Å². The predicted molar refractivity (Wildman–Crippen MR) is 58.4 cm³/mol. The van der Waals surface area contributed by atoms with Gasteiger partial charge in [-0.2, -0.15) is 0 Å². The van der Waals surface area contributed by atoms with Gasteiger partial charge in [0.25, 0.3) is 0 Å². The summed E-state index contributed by atoms with van der Waals surface area (Å²) in [5.74, 6) is -0.310. The van der Waals surface area contributed by atoms with Crippen LogP contribution in [-0.2, 0) is 4.74 Å². The molecule has 0 radical (unpaired) electrons. The number of hydrogen-bond acceptors (Lipinski definition) is 4. The zero-order chi connectivity index (χ0) is 11.7. The summed E-state index contributed by atoms with van der Waals surface area (Å²) in [6, 6.07) is 1.87. The summed E-state index contributed by atoms with van der Waals surface area (Å²) in [4.78, 5) is 11.8. The van der Waals surface area contributed by atoms with Gasteiger partial charge in [-0.1, -0.05) is 5.21 Å². The summed E-state index contributed by atoms with van der Waals surface area (Å²) >= 11 is 0. The zero-order valence-corrected chi connectivity index (χ0v) is 9.52. The van der Waals surface area contributed by atoms with E-state index in [1.54, 1.807) is 17.6 Å². The van der Waals surface area contributed by atoms with Crippen molar-refractivity contribution in [2.45, 2.75) is 20.8 Å². The van der Waals surface area contributed by atoms with Crippen LogP contribution in [0.4, 0.5) is 0 Å². The van der Waals surface area contributed by atoms with E-state index in [4.69, 9.17) is 4.74 Å². The van der Waals surface area contributed by atoms with Crippen LogP contribution in [0, 0.1) is 13.8 Å². The standard InChI is InChI=1S/C11H13N3O2/c1-4-16-11(15)10-7(2)5-9-6-12-13-14(9)8(10)3/h5-6H,4H2,1-3H3. The van der Waals surface area contributed by atoms with Gasteiger partial charge in [-0.05, 0) is 32.4 Å². The number of aromatic nitrogens is 3. The van der Waals surface area contributed by atoms with Crippen LogP contribution in [0.1, 0.15) is 28.5 Å². The predicted octanol–water partition coefficient (Wildman–Crippen LogP) is 1.52. The van der Waals surface area contributed by atoms with Gasteiger partial charge in [-0.25, -0.2) is 9.31 Å². The molecule has 0 amide bonds. The van der Waals surface area contributed by atoms with Crippen molar-refractivity contribution < 1.29 is 9.53 Å². The van der Waals surface area contributed by atoms with Crippen molar-refractivity contribution in [3.63, 3.8) is 0 Å². The average molecular weight is 219 g/mol. The van der Waals surface area contributed by atoms with E-state index in [0.29, 0.717) is 12.2 Å². The zero-order valence-electron chi connectivity index (χ0n) is 9.52. The summed E-state index contributed by atoms with van der Waals surface area (Å²) in [5.41, 5.74) is 3.08. The Morgan fingerprint density at radius 1 is 1.50 bits per heavy atom. The first-order valence-corrected chi connectivity index (χ1v) is 5.13. The van der Waals surface area contributed by atoms with Gasteiger partial charge in [0.05, 0.1) is 29.6 Å². The maximum absolute atomic E-state index is 11.8. The van der Waals surface area contributed by atoms with Crippen LogP contribution in [0.3, 0.4) is 0 Å². The maximum Gasteiger partial charge on any atom is 0.340 e. The van der Waals surface area contributed by atoms with Gasteiger partial charge in [-0.15, -0.1) is 5.10 Å². The van der Waals surface area contributed by atoms with Gasteiger partial charge in [0.15, 0.2) is 0 Å². The Labute approximate surface area is 93.0 Å². The van der Waals surface area contributed by atoms with Crippen molar-refractivity contribution in [1.82, 2.24) is 14.8 Å². The van der Waals surface area contributed by atoms with Crippen LogP contribution in [0.25, 0.3) is 5.52 Å². The molecule has 0 bridgehead atoms. The second-order valence-corrected chi connectivity index (χ2v) is 3.58. The average Bonchev–Trinajstić information content (AvgIpc) is 2.66. The van der Waals surface area contributed by atoms with Crippen molar-refractivity contribution in [3.05, 3.63) is 29.1 Å². The monoisotopic (exact) mass is 219 g/mol. The van der Waals surface area contributed by atoms with E-state index in [0.717, 1.165) is 16.8 Å². The van der Waals surface area contributed by atoms with Gasteiger partial charge in [-0.3, -0.25) is 0 Å². The number of carbonyl (C=O) groups is 1. The summed E-state index contributed by atoms with van der Waals surface area (Å²) in [5, 5.41) is 7.73. The highest BCUT2D eigenvalue weighted by Crippen LogP contribution is 2.17. The molecule has 2 aromatic rings. The number of ether oxygens (including phenoxy) is 1. The second-order valence-electron chi connectivity index (χ2n) is 3.58. The third-order valence-electron chi connectivity index (χ3n) is 2.49. The number of fused-ring (bicyclic) bond motifs is 1. The minimum Gasteiger partial charge on any atom is -0.462 e. The van der Waals surface area contributed by atoms with E-state index in [1.807, 2.05) is 19.9 Å². The largest absolute Gasteiger partial charge is 0.462 e. The molecule has 2 aromatic heterocycles. The topological polar surface area (TPSA) is 56.5 Å². The fourth-order valence-corrected chi connectivity index (χ4v) is 1.80. The quantitative estimate of drug-likeness (QED) is 0.718. The van der Waals surface area contributed by atoms with E-state index in [-0.39, 0.29) is 5.97 Å². The highest BCUT2D eigenvalue weighted by atomic mass is 16.5. The molecule has 5 heteroatoms. The molecular weight excluding hydrogens is 206 g/mol. The lowest BCUT2D eigenvalue weighted by Crippen LogP contribution is -2.12. The summed E-state index contributed by atoms with van der Waals surface area (Å²) in [6.07, 6.45) is 1.66. The molecule has 0 saturated heterocycles. The number of pyridine rings is 1. The van der Waals surface area contributed by atoms with Crippen molar-refractivity contribution >= 4 is 11.5 Å². The lowest BCUT2D eigenvalue weighted by Gasteiger charge is -2.09. The van der Waals surface area contributed by atoms with Crippen LogP contribution < -0.4 is 0 Å². The van der Waals surface area contributed by atoms with E-state index in [9.17, 15) is 4.79 Å². The molecule has 0 unspecified atom stereocenters. The minimum absolute atomic E-state index is 0.310. The summed E-state index contributed by atoms with van der Waals surface area (Å²) < 4.78 is 6.65. The molecule has 0 atom stereocenters. The molecule has 5 nitrogen and oxygen atoms in total. The van der Waals surface area contributed by atoms with Gasteiger partial charge in [0.2, 0.25) is 0 Å². The first-order valence-electron chi connectivity index (χ1n) is 5.13. The molecule has 0 aliphatic heterocycles. The Kier molecular flexibility index (Phi) is 2.60. The van der Waals surface area contributed by atoms with Crippen molar-refractivity contribution in [3.8, 4) is 0 Å². The second kappa shape index (κ2) is 3.92. The molecule has 2 heterocycles. The molecule has 0 spiro atoms. The molecule has 0 aromatic carbocycles. The minimum atomic E-state index is -0.310. The van der Waals surface area contributed by atoms with Gasteiger partial charge in [0, 0.05) is 0 Å². The summed E-state index contributed by atoms with van der Waals surface area (Å²) in [6.45, 7) is 5.87. The van der Waals surface area contributed by atoms with Crippen LogP contribution in [0.15, 0.2) is 12.3 Å². The Morgan fingerprint density at radius 3 is 2.94 bits per heavy atom. The van der Waals surface area contributed by atoms with Gasteiger partial charge in [0.1, 0.15) is 0 Å². The number of nitrogens with zero attached hydrogens (tertiary/aromatic N) is 3. The van der Waals surface area contributed by atoms with Crippen LogP contribution in [-0.4, -0.2) is 27.4 Å². The molecule has 0 saturated carbocycles. The van der Waals surface area contributed by atoms with E-state index >= 15 is 0 Å². The molecular formula is C11H13N3O2. The smallest absolute Gasteiger partial charge is 0.340 e. The third kappa shape index (κ3) is 1.54. The van der Waals surface area contributed by atoms with Crippen LogP contribution in [0.2, 0.25) is 0 Å². The Hall–Kier alpha value is -1.91. The number of aryl methyl sites for hydroxylation is 2. The third-order valence-corrected chi connectivity index (χ3v) is 2.49. The number of carbonyl (C=O) groups excluding carboxylic acids is 1. The molecule has 2 rings (SSSR count). The first-order chi connectivity index (χ1) is 7.65. The SMILES string of the molecule is CCOC(=O)c1c(C)cc2cnnn2c1C. The molecule has 0 aliphatic rings. The Bertz CT molecular complexity index is 545. The van der Waals surface area contributed by atoms with Gasteiger partial charge >= 0.3 is 5.97 Å². The van der Waals surface area contributed by atoms with E-state index in [2.05, 4.69) is 10.3 Å². The maximum atomic E-state index is 11.8. The summed E-state index contributed by atoms with van der Waals surface area (Å²) in [7, 11) is 0. The highest BCUT2D eigenvalue weighted by Gasteiger charge is 2.16. The fraction of sp³-hybridized carbons (Fsp3) is 0.364. The number of hydrogen-bond donors (Lipinski definition) is 0. The lowest BCUT2D eigenvalue weighted by atomic mass is 10.1. The van der Waals surface area contributed by atoms with E-state index in [1.165, 1.54) is 0 Å². The first kappa shape index (κ1) is 10.6. The highest BCUT2D eigenvalue weighted by molar-refractivity contribution is 5.92. The number of rotatable bonds is 2. The van der Waals surface area contributed by atoms with Crippen molar-refractivity contribution in [1.29, 1.82) is 0 Å². The lowest BCUT2D eigenvalue weighted by molar-refractivity contribution is 0.0524. The molecule has 16 heavy (non-hydrogen) atoms. The van der Waals surface area contributed by atoms with E-state index < -0.39 is 0 Å². The Morgan fingerprint density at radius 2 is 2.25 bits per heavy atom. The molecule has 0 fully saturated rings. The molecule has 0 N–H and O–H groups in total. The number of esters is 1.